The van der Waals surface area contributed by atoms with E-state index in [2.05, 4.69) is 39.3 Å². The van der Waals surface area contributed by atoms with Gasteiger partial charge in [-0.1, -0.05) is 42.1 Å². The Kier molecular flexibility index (Phi) is 5.38. The van der Waals surface area contributed by atoms with Crippen molar-refractivity contribution in [1.29, 1.82) is 0 Å². The van der Waals surface area contributed by atoms with E-state index >= 15 is 0 Å². The molecule has 1 atom stereocenters. The van der Waals surface area contributed by atoms with Crippen molar-refractivity contribution in [1.82, 2.24) is 20.4 Å². The number of nitrogens with zero attached hydrogens (tertiary/aromatic N) is 3. The Morgan fingerprint density at radius 3 is 2.92 bits per heavy atom. The van der Waals surface area contributed by atoms with Crippen LogP contribution in [0.25, 0.3) is 11.3 Å². The van der Waals surface area contributed by atoms with Crippen molar-refractivity contribution >= 4 is 11.7 Å². The van der Waals surface area contributed by atoms with Gasteiger partial charge in [0.25, 0.3) is 0 Å². The quantitative estimate of drug-likeness (QED) is 0.637. The van der Waals surface area contributed by atoms with E-state index in [4.69, 9.17) is 4.52 Å². The van der Waals surface area contributed by atoms with Gasteiger partial charge in [0.1, 0.15) is 17.8 Å². The molecule has 2 heterocycles. The number of hydrogen-bond donors (Lipinski definition) is 2. The van der Waals surface area contributed by atoms with Gasteiger partial charge in [-0.15, -0.1) is 0 Å². The summed E-state index contributed by atoms with van der Waals surface area (Å²) in [7, 11) is 0. The molecule has 0 saturated heterocycles. The molecule has 0 aliphatic heterocycles. The molecule has 0 bridgehead atoms. The monoisotopic (exact) mass is 349 g/mol. The molecule has 2 N–H and O–H groups in total. The highest BCUT2D eigenvalue weighted by atomic mass is 16.5. The molecular weight excluding hydrogens is 330 g/mol. The predicted octanol–water partition coefficient (Wildman–Crippen LogP) is 3.11. The zero-order valence-corrected chi connectivity index (χ0v) is 14.3. The molecule has 0 aliphatic carbocycles. The summed E-state index contributed by atoms with van der Waals surface area (Å²) in [6.45, 7) is 5.72. The van der Waals surface area contributed by atoms with E-state index < -0.39 is 0 Å². The van der Waals surface area contributed by atoms with Crippen molar-refractivity contribution in [3.63, 3.8) is 0 Å². The molecule has 1 aromatic carbocycles. The molecule has 7 nitrogen and oxygen atoms in total. The first-order valence-electron chi connectivity index (χ1n) is 8.15. The smallest absolute Gasteiger partial charge is 0.243 e. The van der Waals surface area contributed by atoms with Gasteiger partial charge in [-0.05, 0) is 18.6 Å². The lowest BCUT2D eigenvalue weighted by molar-refractivity contribution is -0.116. The average Bonchev–Trinajstić information content (AvgIpc) is 3.16. The van der Waals surface area contributed by atoms with Gasteiger partial charge in [-0.2, -0.15) is 0 Å². The zero-order valence-electron chi connectivity index (χ0n) is 14.3. The van der Waals surface area contributed by atoms with E-state index in [-0.39, 0.29) is 18.5 Å². The van der Waals surface area contributed by atoms with Crippen LogP contribution < -0.4 is 10.6 Å². The van der Waals surface area contributed by atoms with Crippen LogP contribution in [0.4, 0.5) is 5.82 Å². The molecule has 26 heavy (non-hydrogen) atoms. The Morgan fingerprint density at radius 1 is 1.35 bits per heavy atom. The third-order valence-corrected chi connectivity index (χ3v) is 3.82. The molecule has 0 spiro atoms. The number of nitrogens with one attached hydrogen (secondary N) is 2. The largest absolute Gasteiger partial charge is 0.363 e. The number of benzene rings is 1. The third kappa shape index (κ3) is 4.13. The Bertz CT molecular complexity index is 892. The Labute approximate surface area is 151 Å². The van der Waals surface area contributed by atoms with E-state index in [0.717, 1.165) is 5.56 Å². The number of amides is 1. The molecular formula is C19H19N5O2. The number of anilines is 1. The van der Waals surface area contributed by atoms with Crippen LogP contribution in [-0.4, -0.2) is 21.0 Å². The minimum atomic E-state index is -0.267. The van der Waals surface area contributed by atoms with Crippen molar-refractivity contribution in [2.45, 2.75) is 19.5 Å². The second kappa shape index (κ2) is 8.06. The van der Waals surface area contributed by atoms with E-state index in [9.17, 15) is 4.79 Å². The summed E-state index contributed by atoms with van der Waals surface area (Å²) in [5.41, 5.74) is 2.44. The number of carbonyl (C=O) groups is 1. The molecule has 1 amide bonds. The standard InChI is InChI=1S/C19H19N5O2/c1-3-18(25)21-10-15-9-17(26-24-15)16-11-20-12-22-19(16)23-13(2)14-7-5-4-6-8-14/h3-9,11-13H,1,10H2,2H3,(H,21,25)(H,20,22,23)/t13-/m1/s1. The van der Waals surface area contributed by atoms with E-state index in [1.807, 2.05) is 30.3 Å². The molecule has 0 aliphatic rings. The summed E-state index contributed by atoms with van der Waals surface area (Å²) >= 11 is 0. The number of carbonyl (C=O) groups excluding carboxylic acids is 1. The van der Waals surface area contributed by atoms with Gasteiger partial charge >= 0.3 is 0 Å². The van der Waals surface area contributed by atoms with Crippen molar-refractivity contribution in [3.05, 3.63) is 72.8 Å². The summed E-state index contributed by atoms with van der Waals surface area (Å²) in [5.74, 6) is 0.905. The first-order valence-corrected chi connectivity index (χ1v) is 8.15. The van der Waals surface area contributed by atoms with Crippen LogP contribution in [0.3, 0.4) is 0 Å². The van der Waals surface area contributed by atoms with Crippen LogP contribution in [-0.2, 0) is 11.3 Å². The van der Waals surface area contributed by atoms with Crippen LogP contribution in [0.5, 0.6) is 0 Å². The second-order valence-corrected chi connectivity index (χ2v) is 5.67. The fraction of sp³-hybridized carbons (Fsp3) is 0.158. The summed E-state index contributed by atoms with van der Waals surface area (Å²) in [4.78, 5) is 19.7. The summed E-state index contributed by atoms with van der Waals surface area (Å²) in [5, 5.41) is 10.00. The minimum absolute atomic E-state index is 0.0547. The molecule has 2 aromatic heterocycles. The van der Waals surface area contributed by atoms with Crippen LogP contribution in [0.15, 0.2) is 66.1 Å². The zero-order chi connectivity index (χ0) is 18.4. The Morgan fingerprint density at radius 2 is 2.15 bits per heavy atom. The maximum absolute atomic E-state index is 11.3. The van der Waals surface area contributed by atoms with Crippen LogP contribution in [0.2, 0.25) is 0 Å². The highest BCUT2D eigenvalue weighted by Crippen LogP contribution is 2.28. The minimum Gasteiger partial charge on any atom is -0.363 e. The fourth-order valence-corrected chi connectivity index (χ4v) is 2.43. The molecule has 3 aromatic rings. The SMILES string of the molecule is C=CC(=O)NCc1cc(-c2cncnc2N[C@H](C)c2ccccc2)on1. The predicted molar refractivity (Wildman–Crippen MR) is 98.1 cm³/mol. The highest BCUT2D eigenvalue weighted by Gasteiger charge is 2.15. The van der Waals surface area contributed by atoms with Gasteiger partial charge in [0.15, 0.2) is 5.76 Å². The lowest BCUT2D eigenvalue weighted by atomic mass is 10.1. The fourth-order valence-electron chi connectivity index (χ4n) is 2.43. The summed E-state index contributed by atoms with van der Waals surface area (Å²) < 4.78 is 5.40. The van der Waals surface area contributed by atoms with Gasteiger partial charge in [0.05, 0.1) is 12.1 Å². The molecule has 0 fully saturated rings. The summed E-state index contributed by atoms with van der Waals surface area (Å²) in [6, 6.07) is 11.9. The van der Waals surface area contributed by atoms with Gasteiger partial charge in [-0.25, -0.2) is 9.97 Å². The molecule has 0 unspecified atom stereocenters. The Hall–Kier alpha value is -3.48. The van der Waals surface area contributed by atoms with Crippen LogP contribution in [0.1, 0.15) is 24.2 Å². The molecule has 0 saturated carbocycles. The second-order valence-electron chi connectivity index (χ2n) is 5.67. The third-order valence-electron chi connectivity index (χ3n) is 3.82. The topological polar surface area (TPSA) is 92.9 Å². The van der Waals surface area contributed by atoms with E-state index in [1.54, 1.807) is 12.3 Å². The maximum Gasteiger partial charge on any atom is 0.243 e. The molecule has 3 rings (SSSR count). The highest BCUT2D eigenvalue weighted by molar-refractivity contribution is 5.86. The van der Waals surface area contributed by atoms with Gasteiger partial charge < -0.3 is 15.2 Å². The lowest BCUT2D eigenvalue weighted by Gasteiger charge is -2.16. The lowest BCUT2D eigenvalue weighted by Crippen LogP contribution is -2.19. The molecule has 7 heteroatoms. The molecule has 0 radical (unpaired) electrons. The van der Waals surface area contributed by atoms with Crippen LogP contribution in [0, 0.1) is 0 Å². The Balaban J connectivity index is 1.78. The van der Waals surface area contributed by atoms with E-state index in [0.29, 0.717) is 22.8 Å². The molecule has 132 valence electrons. The number of hydrogen-bond acceptors (Lipinski definition) is 6. The summed E-state index contributed by atoms with van der Waals surface area (Å²) in [6.07, 6.45) is 4.35. The number of rotatable bonds is 7. The van der Waals surface area contributed by atoms with Crippen molar-refractivity contribution in [3.8, 4) is 11.3 Å². The van der Waals surface area contributed by atoms with Crippen molar-refractivity contribution in [2.24, 2.45) is 0 Å². The number of aromatic nitrogens is 3. The average molecular weight is 349 g/mol. The van der Waals surface area contributed by atoms with Gasteiger partial charge in [0.2, 0.25) is 5.91 Å². The van der Waals surface area contributed by atoms with Gasteiger partial charge in [0, 0.05) is 18.3 Å². The van der Waals surface area contributed by atoms with Crippen LogP contribution >= 0.6 is 0 Å². The van der Waals surface area contributed by atoms with E-state index in [1.165, 1.54) is 12.4 Å². The normalized spacial score (nSPS) is 11.6. The van der Waals surface area contributed by atoms with Crippen molar-refractivity contribution < 1.29 is 9.32 Å². The first kappa shape index (κ1) is 17.3. The van der Waals surface area contributed by atoms with Crippen molar-refractivity contribution in [2.75, 3.05) is 5.32 Å². The maximum atomic E-state index is 11.3. The van der Waals surface area contributed by atoms with Gasteiger partial charge in [-0.3, -0.25) is 4.79 Å². The first-order chi connectivity index (χ1) is 12.7.